The lowest BCUT2D eigenvalue weighted by Gasteiger charge is -2.26. The van der Waals surface area contributed by atoms with Crippen molar-refractivity contribution in [2.45, 2.75) is 0 Å². The van der Waals surface area contributed by atoms with E-state index in [0.29, 0.717) is 43.2 Å². The zero-order chi connectivity index (χ0) is 17.6. The van der Waals surface area contributed by atoms with Crippen molar-refractivity contribution in [3.63, 3.8) is 0 Å². The Kier molecular flexibility index (Phi) is 5.67. The number of amides is 3. The maximum absolute atomic E-state index is 12.4. The number of para-hydroxylation sites is 1. The highest BCUT2D eigenvalue weighted by Crippen LogP contribution is 2.21. The molecule has 0 aliphatic carbocycles. The quantitative estimate of drug-likeness (QED) is 0.822. The van der Waals surface area contributed by atoms with Crippen LogP contribution in [0.3, 0.4) is 0 Å². The molecule has 0 aromatic heterocycles. The van der Waals surface area contributed by atoms with Crippen molar-refractivity contribution >= 4 is 39.2 Å². The fourth-order valence-corrected chi connectivity index (χ4v) is 2.88. The Morgan fingerprint density at radius 2 is 1.64 bits per heavy atom. The van der Waals surface area contributed by atoms with Crippen LogP contribution in [0.4, 0.5) is 16.2 Å². The highest BCUT2D eigenvalue weighted by atomic mass is 79.9. The van der Waals surface area contributed by atoms with Gasteiger partial charge in [0.05, 0.1) is 18.9 Å². The monoisotopic (exact) mass is 403 g/mol. The summed E-state index contributed by atoms with van der Waals surface area (Å²) >= 11 is 3.38. The Balaban J connectivity index is 1.59. The molecule has 1 aliphatic rings. The van der Waals surface area contributed by atoms with E-state index in [-0.39, 0.29) is 11.9 Å². The number of benzene rings is 2. The topological polar surface area (TPSA) is 70.7 Å². The molecule has 1 heterocycles. The average Bonchev–Trinajstić information content (AvgIpc) is 2.64. The van der Waals surface area contributed by atoms with Gasteiger partial charge in [-0.2, -0.15) is 0 Å². The first-order valence-corrected chi connectivity index (χ1v) is 8.72. The van der Waals surface area contributed by atoms with Gasteiger partial charge >= 0.3 is 6.03 Å². The van der Waals surface area contributed by atoms with Crippen LogP contribution in [0.2, 0.25) is 0 Å². The van der Waals surface area contributed by atoms with Crippen molar-refractivity contribution < 1.29 is 14.3 Å². The third-order valence-electron chi connectivity index (χ3n) is 3.81. The molecule has 1 saturated heterocycles. The van der Waals surface area contributed by atoms with Crippen molar-refractivity contribution in [3.8, 4) is 0 Å². The summed E-state index contributed by atoms with van der Waals surface area (Å²) in [4.78, 5) is 26.2. The van der Waals surface area contributed by atoms with Crippen LogP contribution in [0.25, 0.3) is 0 Å². The molecule has 25 heavy (non-hydrogen) atoms. The molecule has 6 nitrogen and oxygen atoms in total. The Hall–Kier alpha value is -2.38. The number of halogens is 1. The summed E-state index contributed by atoms with van der Waals surface area (Å²) in [7, 11) is 0. The number of ether oxygens (including phenoxy) is 1. The zero-order valence-electron chi connectivity index (χ0n) is 13.5. The van der Waals surface area contributed by atoms with Gasteiger partial charge in [-0.15, -0.1) is 0 Å². The van der Waals surface area contributed by atoms with Crippen molar-refractivity contribution in [1.29, 1.82) is 0 Å². The predicted molar refractivity (Wildman–Crippen MR) is 99.9 cm³/mol. The highest BCUT2D eigenvalue weighted by molar-refractivity contribution is 9.10. The SMILES string of the molecule is O=C(Nc1ccc(C(=O)N2CCOCC2)cc1)Nc1ccccc1Br. The Morgan fingerprint density at radius 3 is 2.32 bits per heavy atom. The van der Waals surface area contributed by atoms with Gasteiger partial charge < -0.3 is 20.3 Å². The van der Waals surface area contributed by atoms with E-state index in [4.69, 9.17) is 4.74 Å². The predicted octanol–water partition coefficient (Wildman–Crippen LogP) is 3.57. The van der Waals surface area contributed by atoms with Gasteiger partial charge in [-0.3, -0.25) is 4.79 Å². The smallest absolute Gasteiger partial charge is 0.323 e. The van der Waals surface area contributed by atoms with Crippen LogP contribution >= 0.6 is 15.9 Å². The van der Waals surface area contributed by atoms with E-state index in [0.717, 1.165) is 4.47 Å². The van der Waals surface area contributed by atoms with Crippen LogP contribution in [-0.4, -0.2) is 43.1 Å². The molecule has 130 valence electrons. The first-order chi connectivity index (χ1) is 12.1. The van der Waals surface area contributed by atoms with Crippen molar-refractivity contribution in [1.82, 2.24) is 4.90 Å². The molecule has 2 N–H and O–H groups in total. The molecule has 3 amide bonds. The summed E-state index contributed by atoms with van der Waals surface area (Å²) < 4.78 is 6.06. The summed E-state index contributed by atoms with van der Waals surface area (Å²) in [6.07, 6.45) is 0. The molecule has 3 rings (SSSR count). The third kappa shape index (κ3) is 4.58. The number of hydrogen-bond donors (Lipinski definition) is 2. The van der Waals surface area contributed by atoms with Gasteiger partial charge in [-0.05, 0) is 52.3 Å². The number of anilines is 2. The standard InChI is InChI=1S/C18H18BrN3O3/c19-15-3-1-2-4-16(15)21-18(24)20-14-7-5-13(6-8-14)17(23)22-9-11-25-12-10-22/h1-8H,9-12H2,(H2,20,21,24). The van der Waals surface area contributed by atoms with Crippen LogP contribution in [-0.2, 0) is 4.74 Å². The number of hydrogen-bond acceptors (Lipinski definition) is 3. The third-order valence-corrected chi connectivity index (χ3v) is 4.50. The van der Waals surface area contributed by atoms with Crippen LogP contribution in [0.5, 0.6) is 0 Å². The van der Waals surface area contributed by atoms with Gasteiger partial charge in [-0.25, -0.2) is 4.79 Å². The summed E-state index contributed by atoms with van der Waals surface area (Å²) in [5.41, 5.74) is 1.89. The lowest BCUT2D eigenvalue weighted by molar-refractivity contribution is 0.0303. The Morgan fingerprint density at radius 1 is 0.960 bits per heavy atom. The minimum absolute atomic E-state index is 0.0208. The molecular formula is C18H18BrN3O3. The number of nitrogens with zero attached hydrogens (tertiary/aromatic N) is 1. The molecule has 0 unspecified atom stereocenters. The maximum atomic E-state index is 12.4. The van der Waals surface area contributed by atoms with Gasteiger partial charge in [0.1, 0.15) is 0 Å². The van der Waals surface area contributed by atoms with Gasteiger partial charge in [0.2, 0.25) is 0 Å². The first kappa shape index (κ1) is 17.4. The first-order valence-electron chi connectivity index (χ1n) is 7.93. The molecule has 0 radical (unpaired) electrons. The molecule has 0 spiro atoms. The van der Waals surface area contributed by atoms with Gasteiger partial charge in [-0.1, -0.05) is 12.1 Å². The molecule has 1 aliphatic heterocycles. The van der Waals surface area contributed by atoms with Crippen molar-refractivity contribution in [2.75, 3.05) is 36.9 Å². The molecule has 0 bridgehead atoms. The van der Waals surface area contributed by atoms with Crippen LogP contribution in [0.1, 0.15) is 10.4 Å². The van der Waals surface area contributed by atoms with E-state index in [2.05, 4.69) is 26.6 Å². The molecule has 2 aromatic rings. The molecule has 0 atom stereocenters. The number of carbonyl (C=O) groups excluding carboxylic acids is 2. The number of carbonyl (C=O) groups is 2. The van der Waals surface area contributed by atoms with Crippen molar-refractivity contribution in [2.24, 2.45) is 0 Å². The second-order valence-electron chi connectivity index (χ2n) is 5.54. The number of rotatable bonds is 3. The van der Waals surface area contributed by atoms with Crippen LogP contribution in [0, 0.1) is 0 Å². The Labute approximate surface area is 154 Å². The second-order valence-corrected chi connectivity index (χ2v) is 6.40. The van der Waals surface area contributed by atoms with E-state index >= 15 is 0 Å². The number of urea groups is 1. The van der Waals surface area contributed by atoms with Crippen LogP contribution in [0.15, 0.2) is 53.0 Å². The summed E-state index contributed by atoms with van der Waals surface area (Å²) in [6, 6.07) is 13.9. The zero-order valence-corrected chi connectivity index (χ0v) is 15.1. The summed E-state index contributed by atoms with van der Waals surface area (Å²) in [5.74, 6) is -0.0208. The lowest BCUT2D eigenvalue weighted by atomic mass is 10.1. The molecule has 2 aromatic carbocycles. The van der Waals surface area contributed by atoms with E-state index in [1.807, 2.05) is 18.2 Å². The highest BCUT2D eigenvalue weighted by Gasteiger charge is 2.18. The molecule has 7 heteroatoms. The van der Waals surface area contributed by atoms with Crippen LogP contribution < -0.4 is 10.6 Å². The fraction of sp³-hybridized carbons (Fsp3) is 0.222. The van der Waals surface area contributed by atoms with Gasteiger partial charge in [0, 0.05) is 28.8 Å². The lowest BCUT2D eigenvalue weighted by Crippen LogP contribution is -2.40. The van der Waals surface area contributed by atoms with E-state index in [1.54, 1.807) is 35.2 Å². The number of morpholine rings is 1. The number of nitrogens with one attached hydrogen (secondary N) is 2. The largest absolute Gasteiger partial charge is 0.378 e. The van der Waals surface area contributed by atoms with E-state index in [9.17, 15) is 9.59 Å². The normalized spacial score (nSPS) is 14.0. The maximum Gasteiger partial charge on any atom is 0.323 e. The van der Waals surface area contributed by atoms with E-state index < -0.39 is 0 Å². The van der Waals surface area contributed by atoms with Crippen molar-refractivity contribution in [3.05, 3.63) is 58.6 Å². The molecule has 1 fully saturated rings. The minimum atomic E-state index is -0.348. The molecule has 0 saturated carbocycles. The molecular weight excluding hydrogens is 386 g/mol. The Bertz CT molecular complexity index is 758. The fourth-order valence-electron chi connectivity index (χ4n) is 2.49. The minimum Gasteiger partial charge on any atom is -0.378 e. The average molecular weight is 404 g/mol. The summed E-state index contributed by atoms with van der Waals surface area (Å²) in [6.45, 7) is 2.35. The van der Waals surface area contributed by atoms with Gasteiger partial charge in [0.25, 0.3) is 5.91 Å². The second kappa shape index (κ2) is 8.13. The summed E-state index contributed by atoms with van der Waals surface area (Å²) in [5, 5.41) is 5.51. The van der Waals surface area contributed by atoms with E-state index in [1.165, 1.54) is 0 Å². The van der Waals surface area contributed by atoms with Gasteiger partial charge in [0.15, 0.2) is 0 Å².